The molecule has 0 bridgehead atoms. The number of hydrogen-bond acceptors (Lipinski definition) is 4. The van der Waals surface area contributed by atoms with Gasteiger partial charge in [0.25, 0.3) is 0 Å². The predicted octanol–water partition coefficient (Wildman–Crippen LogP) is 0.472. The van der Waals surface area contributed by atoms with E-state index in [1.165, 1.54) is 6.92 Å². The third-order valence-corrected chi connectivity index (χ3v) is 2.02. The lowest BCUT2D eigenvalue weighted by atomic mass is 10.3. The van der Waals surface area contributed by atoms with Crippen molar-refractivity contribution in [2.45, 2.75) is 13.8 Å². The van der Waals surface area contributed by atoms with Crippen LogP contribution in [-0.2, 0) is 11.8 Å². The summed E-state index contributed by atoms with van der Waals surface area (Å²) in [5.41, 5.74) is 1.72. The van der Waals surface area contributed by atoms with E-state index < -0.39 is 0 Å². The topological polar surface area (TPSA) is 88.5 Å². The van der Waals surface area contributed by atoms with E-state index >= 15 is 0 Å². The van der Waals surface area contributed by atoms with E-state index in [2.05, 4.69) is 25.6 Å². The van der Waals surface area contributed by atoms with Crippen molar-refractivity contribution >= 4 is 11.9 Å². The van der Waals surface area contributed by atoms with E-state index in [1.54, 1.807) is 4.68 Å². The third-order valence-electron chi connectivity index (χ3n) is 2.02. The van der Waals surface area contributed by atoms with E-state index in [-0.39, 0.29) is 11.9 Å². The lowest BCUT2D eigenvalue weighted by Gasteiger charge is -1.95. The Morgan fingerprint density at radius 3 is 2.88 bits per heavy atom. The highest BCUT2D eigenvalue weighted by Gasteiger charge is 2.10. The molecule has 2 aromatic heterocycles. The number of amides is 1. The third kappa shape index (κ3) is 1.92. The number of nitrogens with one attached hydrogen (secondary N) is 2. The Kier molecular flexibility index (Phi) is 2.43. The highest BCUT2D eigenvalue weighted by Crippen LogP contribution is 2.15. The number of rotatable bonds is 2. The van der Waals surface area contributed by atoms with Gasteiger partial charge in [-0.1, -0.05) is 0 Å². The molecule has 2 rings (SSSR count). The number of carbonyl (C=O) groups is 1. The number of hydrogen-bond donors (Lipinski definition) is 2. The van der Waals surface area contributed by atoms with Gasteiger partial charge in [0.15, 0.2) is 5.82 Å². The molecule has 0 unspecified atom stereocenters. The summed E-state index contributed by atoms with van der Waals surface area (Å²) in [5.74, 6) is 0.639. The highest BCUT2D eigenvalue weighted by atomic mass is 16.1. The Morgan fingerprint density at radius 1 is 1.56 bits per heavy atom. The fourth-order valence-electron chi connectivity index (χ4n) is 1.42. The van der Waals surface area contributed by atoms with Gasteiger partial charge in [0.1, 0.15) is 5.69 Å². The summed E-state index contributed by atoms with van der Waals surface area (Å²) < 4.78 is 1.70. The molecule has 7 nitrogen and oxygen atoms in total. The lowest BCUT2D eigenvalue weighted by Crippen LogP contribution is -2.07. The van der Waals surface area contributed by atoms with E-state index in [9.17, 15) is 4.79 Å². The second-order valence-corrected chi connectivity index (χ2v) is 3.48. The number of aromatic nitrogens is 5. The first-order valence-electron chi connectivity index (χ1n) is 4.77. The van der Waals surface area contributed by atoms with Crippen LogP contribution in [0.25, 0.3) is 11.5 Å². The summed E-state index contributed by atoms with van der Waals surface area (Å²) in [6.45, 7) is 3.30. The number of carbonyl (C=O) groups excluding carboxylic acids is 1. The molecule has 2 aromatic rings. The zero-order valence-corrected chi connectivity index (χ0v) is 9.27. The van der Waals surface area contributed by atoms with E-state index in [4.69, 9.17) is 0 Å². The van der Waals surface area contributed by atoms with Crippen LogP contribution in [0.4, 0.5) is 5.95 Å². The van der Waals surface area contributed by atoms with Crippen molar-refractivity contribution < 1.29 is 4.79 Å². The van der Waals surface area contributed by atoms with Crippen molar-refractivity contribution in [3.05, 3.63) is 11.8 Å². The molecule has 16 heavy (non-hydrogen) atoms. The van der Waals surface area contributed by atoms with Crippen LogP contribution in [0.2, 0.25) is 0 Å². The Hall–Kier alpha value is -2.18. The fourth-order valence-corrected chi connectivity index (χ4v) is 1.42. The van der Waals surface area contributed by atoms with Crippen LogP contribution in [0.5, 0.6) is 0 Å². The largest absolute Gasteiger partial charge is 0.293 e. The second kappa shape index (κ2) is 3.76. The standard InChI is InChI=1S/C9H12N6O/c1-5-4-7(15(3)14-5)8-11-9(13-12-8)10-6(2)16/h4H,1-3H3,(H2,10,11,12,13,16). The normalized spacial score (nSPS) is 10.4. The van der Waals surface area contributed by atoms with Crippen molar-refractivity contribution in [2.75, 3.05) is 5.32 Å². The molecule has 0 aliphatic rings. The van der Waals surface area contributed by atoms with Crippen molar-refractivity contribution in [3.8, 4) is 11.5 Å². The Bertz CT molecular complexity index is 526. The van der Waals surface area contributed by atoms with Gasteiger partial charge in [-0.15, -0.1) is 5.10 Å². The number of H-pyrrole nitrogens is 1. The minimum absolute atomic E-state index is 0.202. The van der Waals surface area contributed by atoms with Gasteiger partial charge in [0, 0.05) is 14.0 Å². The van der Waals surface area contributed by atoms with Crippen LogP contribution in [0, 0.1) is 6.92 Å². The first-order chi connectivity index (χ1) is 7.56. The van der Waals surface area contributed by atoms with Crippen molar-refractivity contribution in [3.63, 3.8) is 0 Å². The van der Waals surface area contributed by atoms with E-state index in [1.807, 2.05) is 20.0 Å². The molecule has 0 aliphatic heterocycles. The summed E-state index contributed by atoms with van der Waals surface area (Å²) in [6.07, 6.45) is 0. The van der Waals surface area contributed by atoms with Crippen molar-refractivity contribution in [2.24, 2.45) is 7.05 Å². The van der Waals surface area contributed by atoms with Crippen LogP contribution in [-0.4, -0.2) is 30.9 Å². The summed E-state index contributed by atoms with van der Waals surface area (Å²) >= 11 is 0. The molecular weight excluding hydrogens is 208 g/mol. The molecule has 0 saturated heterocycles. The number of aromatic amines is 1. The van der Waals surface area contributed by atoms with Gasteiger partial charge in [-0.25, -0.2) is 0 Å². The van der Waals surface area contributed by atoms with E-state index in [0.717, 1.165) is 11.4 Å². The first-order valence-corrected chi connectivity index (χ1v) is 4.77. The minimum atomic E-state index is -0.202. The van der Waals surface area contributed by atoms with Gasteiger partial charge >= 0.3 is 0 Å². The van der Waals surface area contributed by atoms with Crippen LogP contribution < -0.4 is 5.32 Å². The second-order valence-electron chi connectivity index (χ2n) is 3.48. The maximum Gasteiger partial charge on any atom is 0.249 e. The van der Waals surface area contributed by atoms with Gasteiger partial charge < -0.3 is 0 Å². The molecule has 0 aliphatic carbocycles. The highest BCUT2D eigenvalue weighted by molar-refractivity contribution is 5.86. The molecule has 0 aromatic carbocycles. The van der Waals surface area contributed by atoms with Crippen molar-refractivity contribution in [1.29, 1.82) is 0 Å². The Labute approximate surface area is 91.9 Å². The van der Waals surface area contributed by atoms with Gasteiger partial charge in [0.2, 0.25) is 11.9 Å². The summed E-state index contributed by atoms with van der Waals surface area (Å²) in [6, 6.07) is 1.89. The number of anilines is 1. The van der Waals surface area contributed by atoms with Gasteiger partial charge in [-0.05, 0) is 13.0 Å². The molecule has 0 spiro atoms. The molecule has 0 radical (unpaired) electrons. The molecule has 0 fully saturated rings. The monoisotopic (exact) mass is 220 g/mol. The molecule has 84 valence electrons. The van der Waals surface area contributed by atoms with Gasteiger partial charge in [0.05, 0.1) is 5.69 Å². The average Bonchev–Trinajstić information content (AvgIpc) is 2.72. The quantitative estimate of drug-likeness (QED) is 0.770. The summed E-state index contributed by atoms with van der Waals surface area (Å²) in [4.78, 5) is 14.9. The zero-order chi connectivity index (χ0) is 11.7. The molecule has 7 heteroatoms. The van der Waals surface area contributed by atoms with E-state index in [0.29, 0.717) is 5.82 Å². The number of nitrogens with zero attached hydrogens (tertiary/aromatic N) is 4. The van der Waals surface area contributed by atoms with Crippen LogP contribution in [0.3, 0.4) is 0 Å². The maximum atomic E-state index is 10.8. The minimum Gasteiger partial charge on any atom is -0.293 e. The first kappa shape index (κ1) is 10.3. The van der Waals surface area contributed by atoms with Crippen LogP contribution >= 0.6 is 0 Å². The SMILES string of the molecule is CC(=O)Nc1n[nH]c(-c2cc(C)nn2C)n1. The fraction of sp³-hybridized carbons (Fsp3) is 0.333. The Balaban J connectivity index is 2.31. The molecule has 2 heterocycles. The van der Waals surface area contributed by atoms with Gasteiger partial charge in [-0.2, -0.15) is 10.1 Å². The molecular formula is C9H12N6O. The molecule has 2 N–H and O–H groups in total. The maximum absolute atomic E-state index is 10.8. The van der Waals surface area contributed by atoms with Crippen LogP contribution in [0.15, 0.2) is 6.07 Å². The number of aryl methyl sites for hydroxylation is 2. The van der Waals surface area contributed by atoms with Gasteiger partial charge in [-0.3, -0.25) is 19.9 Å². The Morgan fingerprint density at radius 2 is 2.31 bits per heavy atom. The summed E-state index contributed by atoms with van der Waals surface area (Å²) in [7, 11) is 1.82. The molecule has 0 atom stereocenters. The predicted molar refractivity (Wildman–Crippen MR) is 57.6 cm³/mol. The van der Waals surface area contributed by atoms with Crippen LogP contribution in [0.1, 0.15) is 12.6 Å². The lowest BCUT2D eigenvalue weighted by molar-refractivity contribution is -0.114. The smallest absolute Gasteiger partial charge is 0.249 e. The molecule has 0 saturated carbocycles. The zero-order valence-electron chi connectivity index (χ0n) is 9.27. The molecule has 1 amide bonds. The summed E-state index contributed by atoms with van der Waals surface area (Å²) in [5, 5.41) is 13.3. The average molecular weight is 220 g/mol. The van der Waals surface area contributed by atoms with Crippen molar-refractivity contribution in [1.82, 2.24) is 25.0 Å².